The lowest BCUT2D eigenvalue weighted by Crippen LogP contribution is -2.56. The van der Waals surface area contributed by atoms with E-state index in [1.54, 1.807) is 0 Å². The number of amides is 3. The Hall–Kier alpha value is -3.32. The van der Waals surface area contributed by atoms with E-state index >= 15 is 0 Å². The number of nitrogens with one attached hydrogen (secondary N) is 3. The zero-order valence-electron chi connectivity index (χ0n) is 21.3. The molecule has 2 heterocycles. The van der Waals surface area contributed by atoms with Crippen molar-refractivity contribution in [2.75, 3.05) is 19.6 Å². The van der Waals surface area contributed by atoms with Crippen molar-refractivity contribution < 1.29 is 9.59 Å². The topological polar surface area (TPSA) is 103 Å². The van der Waals surface area contributed by atoms with Crippen LogP contribution in [0.4, 0.5) is 4.79 Å². The van der Waals surface area contributed by atoms with E-state index in [0.717, 1.165) is 42.1 Å². The molecule has 1 aliphatic heterocycles. The normalized spacial score (nSPS) is 17.7. The van der Waals surface area contributed by atoms with Crippen molar-refractivity contribution in [3.63, 3.8) is 0 Å². The molecule has 5 rings (SSSR count). The fourth-order valence-corrected chi connectivity index (χ4v) is 5.90. The minimum atomic E-state index is -0.657. The fraction of sp³-hybridized carbons (Fsp3) is 0.448. The second kappa shape index (κ2) is 9.62. The monoisotopic (exact) mass is 487 g/mol. The lowest BCUT2D eigenvalue weighted by molar-refractivity contribution is -0.134. The maximum atomic E-state index is 13.8. The zero-order valence-corrected chi connectivity index (χ0v) is 21.3. The maximum Gasteiger partial charge on any atom is 0.315 e. The molecule has 2 aromatic carbocycles. The number of aryl methyl sites for hydroxylation is 1. The Morgan fingerprint density at radius 2 is 1.81 bits per heavy atom. The van der Waals surface area contributed by atoms with Crippen LogP contribution in [-0.4, -0.2) is 53.0 Å². The third kappa shape index (κ3) is 4.98. The van der Waals surface area contributed by atoms with E-state index in [4.69, 9.17) is 5.73 Å². The van der Waals surface area contributed by atoms with Crippen molar-refractivity contribution in [3.8, 4) is 0 Å². The summed E-state index contributed by atoms with van der Waals surface area (Å²) in [6, 6.07) is 15.8. The number of hydrogen-bond donors (Lipinski definition) is 4. The van der Waals surface area contributed by atoms with Crippen LogP contribution < -0.4 is 16.4 Å². The smallest absolute Gasteiger partial charge is 0.315 e. The number of aromatic amines is 1. The van der Waals surface area contributed by atoms with Crippen LogP contribution in [0.3, 0.4) is 0 Å². The molecule has 3 amide bonds. The van der Waals surface area contributed by atoms with E-state index in [1.165, 1.54) is 11.1 Å². The van der Waals surface area contributed by atoms with Crippen LogP contribution in [0.15, 0.2) is 54.7 Å². The van der Waals surface area contributed by atoms with E-state index in [1.807, 2.05) is 49.2 Å². The summed E-state index contributed by atoms with van der Waals surface area (Å²) in [6.07, 6.45) is 6.56. The van der Waals surface area contributed by atoms with Gasteiger partial charge in [0.15, 0.2) is 0 Å². The van der Waals surface area contributed by atoms with Gasteiger partial charge in [0.1, 0.15) is 6.04 Å². The molecule has 36 heavy (non-hydrogen) atoms. The number of H-pyrrole nitrogens is 1. The first kappa shape index (κ1) is 24.4. The lowest BCUT2D eigenvalue weighted by Gasteiger charge is -2.41. The minimum Gasteiger partial charge on any atom is -0.361 e. The van der Waals surface area contributed by atoms with Gasteiger partial charge in [-0.3, -0.25) is 4.79 Å². The third-order valence-corrected chi connectivity index (χ3v) is 7.90. The Labute approximate surface area is 212 Å². The summed E-state index contributed by atoms with van der Waals surface area (Å²) >= 11 is 0. The summed E-state index contributed by atoms with van der Waals surface area (Å²) in [5.41, 5.74) is 10.6. The highest BCUT2D eigenvalue weighted by molar-refractivity contribution is 5.89. The number of aromatic nitrogens is 1. The Kier molecular flexibility index (Phi) is 6.51. The number of carbonyl (C=O) groups is 2. The first-order valence-corrected chi connectivity index (χ1v) is 13.0. The van der Waals surface area contributed by atoms with Crippen molar-refractivity contribution >= 4 is 22.8 Å². The largest absolute Gasteiger partial charge is 0.361 e. The van der Waals surface area contributed by atoms with Crippen LogP contribution in [-0.2, 0) is 23.1 Å². The lowest BCUT2D eigenvalue weighted by atomic mass is 9.74. The number of likely N-dealkylation sites (tertiary alicyclic amines) is 1. The average Bonchev–Trinajstić information content (AvgIpc) is 3.44. The van der Waals surface area contributed by atoms with Gasteiger partial charge < -0.3 is 26.3 Å². The second-order valence-corrected chi connectivity index (χ2v) is 11.2. The number of carbonyl (C=O) groups excluding carboxylic acids is 2. The van der Waals surface area contributed by atoms with Gasteiger partial charge in [0, 0.05) is 48.7 Å². The van der Waals surface area contributed by atoms with Gasteiger partial charge in [0.2, 0.25) is 5.91 Å². The highest BCUT2D eigenvalue weighted by Gasteiger charge is 2.42. The van der Waals surface area contributed by atoms with Gasteiger partial charge in [-0.2, -0.15) is 0 Å². The summed E-state index contributed by atoms with van der Waals surface area (Å²) < 4.78 is 0. The van der Waals surface area contributed by atoms with Gasteiger partial charge in [0.25, 0.3) is 0 Å². The number of urea groups is 1. The highest BCUT2D eigenvalue weighted by Crippen LogP contribution is 2.46. The Balaban J connectivity index is 1.31. The Morgan fingerprint density at radius 3 is 2.58 bits per heavy atom. The predicted octanol–water partition coefficient (Wildman–Crippen LogP) is 3.62. The molecule has 1 saturated heterocycles. The van der Waals surface area contributed by atoms with Gasteiger partial charge in [-0.1, -0.05) is 42.5 Å². The minimum absolute atomic E-state index is 0.0245. The summed E-state index contributed by atoms with van der Waals surface area (Å²) in [7, 11) is 0. The zero-order chi connectivity index (χ0) is 25.3. The van der Waals surface area contributed by atoms with E-state index in [2.05, 4.69) is 39.9 Å². The van der Waals surface area contributed by atoms with Crippen molar-refractivity contribution in [3.05, 3.63) is 71.4 Å². The number of piperidine rings is 1. The molecule has 2 aliphatic rings. The highest BCUT2D eigenvalue weighted by atomic mass is 16.2. The van der Waals surface area contributed by atoms with Crippen LogP contribution in [0.2, 0.25) is 0 Å². The standard InChI is InChI=1S/C29H37N5O2/c1-28(2,30)19-32-27(36)33-25(17-21-18-31-24-10-6-4-8-22(21)24)26(35)34-15-13-29(14-16-34)12-11-20-7-3-5-9-23(20)29/h3-10,18,25,31H,11-17,19,30H2,1-2H3,(H2,32,33,36)/t25-/m1/s1. The quantitative estimate of drug-likeness (QED) is 0.427. The molecule has 5 N–H and O–H groups in total. The van der Waals surface area contributed by atoms with Crippen LogP contribution in [0, 0.1) is 0 Å². The second-order valence-electron chi connectivity index (χ2n) is 11.2. The van der Waals surface area contributed by atoms with E-state index in [-0.39, 0.29) is 17.4 Å². The van der Waals surface area contributed by atoms with E-state index < -0.39 is 11.6 Å². The number of nitrogens with zero attached hydrogens (tertiary/aromatic N) is 1. The van der Waals surface area contributed by atoms with Crippen LogP contribution >= 0.6 is 0 Å². The Morgan fingerprint density at radius 1 is 1.08 bits per heavy atom. The molecule has 0 saturated carbocycles. The van der Waals surface area contributed by atoms with Gasteiger partial charge in [-0.25, -0.2) is 4.79 Å². The van der Waals surface area contributed by atoms with Crippen molar-refractivity contribution in [2.45, 2.75) is 62.9 Å². The average molecular weight is 488 g/mol. The number of benzene rings is 2. The molecule has 0 bridgehead atoms. The van der Waals surface area contributed by atoms with Crippen LogP contribution in [0.5, 0.6) is 0 Å². The van der Waals surface area contributed by atoms with Gasteiger partial charge in [0.05, 0.1) is 0 Å². The van der Waals surface area contributed by atoms with Crippen molar-refractivity contribution in [1.29, 1.82) is 0 Å². The summed E-state index contributed by atoms with van der Waals surface area (Å²) in [5.74, 6) is -0.0245. The first-order chi connectivity index (χ1) is 17.2. The molecule has 1 aromatic heterocycles. The fourth-order valence-electron chi connectivity index (χ4n) is 5.90. The number of para-hydroxylation sites is 1. The van der Waals surface area contributed by atoms with Gasteiger partial charge in [-0.15, -0.1) is 0 Å². The molecule has 0 radical (unpaired) electrons. The number of hydrogen-bond acceptors (Lipinski definition) is 3. The van der Waals surface area contributed by atoms with Gasteiger partial charge in [-0.05, 0) is 67.7 Å². The molecule has 1 spiro atoms. The molecule has 1 aliphatic carbocycles. The van der Waals surface area contributed by atoms with Crippen molar-refractivity contribution in [1.82, 2.24) is 20.5 Å². The molecule has 3 aromatic rings. The molecule has 1 atom stereocenters. The molecular formula is C29H37N5O2. The van der Waals surface area contributed by atoms with E-state index in [9.17, 15) is 9.59 Å². The summed E-state index contributed by atoms with van der Waals surface area (Å²) in [4.78, 5) is 31.8. The first-order valence-electron chi connectivity index (χ1n) is 13.0. The van der Waals surface area contributed by atoms with E-state index in [0.29, 0.717) is 26.1 Å². The van der Waals surface area contributed by atoms with Crippen LogP contribution in [0.1, 0.15) is 49.8 Å². The number of nitrogens with two attached hydrogens (primary N) is 1. The maximum absolute atomic E-state index is 13.8. The number of rotatable bonds is 6. The van der Waals surface area contributed by atoms with Crippen molar-refractivity contribution in [2.24, 2.45) is 5.73 Å². The Bertz CT molecular complexity index is 1250. The van der Waals surface area contributed by atoms with Gasteiger partial charge >= 0.3 is 6.03 Å². The molecule has 190 valence electrons. The SMILES string of the molecule is CC(C)(N)CNC(=O)N[C@H](Cc1c[nH]c2ccccc12)C(=O)N1CCC2(CCc3ccccc32)CC1. The third-order valence-electron chi connectivity index (χ3n) is 7.90. The summed E-state index contributed by atoms with van der Waals surface area (Å²) in [5, 5.41) is 6.85. The molecule has 7 nitrogen and oxygen atoms in total. The number of fused-ring (bicyclic) bond motifs is 3. The summed E-state index contributed by atoms with van der Waals surface area (Å²) in [6.45, 7) is 5.44. The molecular weight excluding hydrogens is 450 g/mol. The predicted molar refractivity (Wildman–Crippen MR) is 143 cm³/mol. The molecule has 1 fully saturated rings. The molecule has 7 heteroatoms. The van der Waals surface area contributed by atoms with Crippen LogP contribution in [0.25, 0.3) is 10.9 Å². The molecule has 0 unspecified atom stereocenters.